The Kier molecular flexibility index (Phi) is 7.29. The van der Waals surface area contributed by atoms with E-state index in [9.17, 15) is 9.59 Å². The van der Waals surface area contributed by atoms with Crippen LogP contribution in [0.5, 0.6) is 5.75 Å². The number of carbonyl (C=O) groups excluding carboxylic acids is 2. The highest BCUT2D eigenvalue weighted by Gasteiger charge is 2.24. The van der Waals surface area contributed by atoms with Crippen LogP contribution in [-0.4, -0.2) is 24.7 Å². The van der Waals surface area contributed by atoms with Crippen molar-refractivity contribution in [1.82, 2.24) is 0 Å². The molecule has 5 N–H and O–H groups in total. The molecule has 0 aliphatic rings. The van der Waals surface area contributed by atoms with E-state index in [1.807, 2.05) is 18.2 Å². The highest BCUT2D eigenvalue weighted by atomic mass is 32.2. The highest BCUT2D eigenvalue weighted by molar-refractivity contribution is 7.99. The summed E-state index contributed by atoms with van der Waals surface area (Å²) >= 11 is 1.36. The van der Waals surface area contributed by atoms with Crippen molar-refractivity contribution in [2.24, 2.45) is 0 Å². The van der Waals surface area contributed by atoms with Crippen molar-refractivity contribution in [3.8, 4) is 5.75 Å². The number of carbonyl (C=O) groups is 2. The standard InChI is InChI=1S/C23H22N4O3S/c1-3-13-31-23-17(22(29)25-15-9-5-4-6-10-15)14-16(20(24)27-23)21(28)26-18-11-7-8-12-19(18)30-2/h3-12,14H,1,13H2,2H3,(H2,24,27)(H,25,29)(H,26,28)/p+1. The SMILES string of the molecule is C=CCSc1[nH+]c(N)c(C(=O)Nc2ccccc2OC)cc1C(=O)Nc1ccccc1. The number of nitrogen functional groups attached to an aromatic ring is 1. The minimum atomic E-state index is -0.465. The maximum atomic E-state index is 13.0. The molecule has 7 nitrogen and oxygen atoms in total. The minimum absolute atomic E-state index is 0.145. The molecule has 0 saturated carbocycles. The van der Waals surface area contributed by atoms with Gasteiger partial charge in [-0.1, -0.05) is 48.2 Å². The smallest absolute Gasteiger partial charge is 0.284 e. The van der Waals surface area contributed by atoms with E-state index in [-0.39, 0.29) is 17.3 Å². The number of aromatic nitrogens is 1. The van der Waals surface area contributed by atoms with Gasteiger partial charge in [-0.25, -0.2) is 4.98 Å². The summed E-state index contributed by atoms with van der Waals surface area (Å²) in [6, 6.07) is 17.6. The number of hydrogen-bond acceptors (Lipinski definition) is 5. The number of nitrogens with two attached hydrogens (primary N) is 1. The number of rotatable bonds is 8. The Morgan fingerprint density at radius 1 is 1.06 bits per heavy atom. The van der Waals surface area contributed by atoms with Gasteiger partial charge in [0.05, 0.1) is 18.4 Å². The van der Waals surface area contributed by atoms with Crippen molar-refractivity contribution in [2.45, 2.75) is 5.03 Å². The molecule has 2 amide bonds. The molecular weight excluding hydrogens is 412 g/mol. The van der Waals surface area contributed by atoms with Gasteiger partial charge >= 0.3 is 0 Å². The number of hydrogen-bond donors (Lipinski definition) is 3. The number of nitrogens with one attached hydrogen (secondary N) is 3. The first-order valence-electron chi connectivity index (χ1n) is 9.43. The molecule has 0 aliphatic heterocycles. The van der Waals surface area contributed by atoms with Gasteiger partial charge in [-0.2, -0.15) is 0 Å². The normalized spacial score (nSPS) is 10.2. The van der Waals surface area contributed by atoms with Crippen LogP contribution in [0.4, 0.5) is 17.2 Å². The van der Waals surface area contributed by atoms with E-state index in [0.717, 1.165) is 0 Å². The summed E-state index contributed by atoms with van der Waals surface area (Å²) in [6.45, 7) is 3.71. The van der Waals surface area contributed by atoms with E-state index in [1.165, 1.54) is 24.9 Å². The summed E-state index contributed by atoms with van der Waals surface area (Å²) in [5, 5.41) is 6.16. The number of anilines is 3. The predicted octanol–water partition coefficient (Wildman–Crippen LogP) is 3.87. The number of H-pyrrole nitrogens is 1. The third-order valence-electron chi connectivity index (χ3n) is 4.29. The van der Waals surface area contributed by atoms with Crippen molar-refractivity contribution in [3.05, 3.63) is 84.4 Å². The Hall–Kier alpha value is -3.78. The first kappa shape index (κ1) is 21.9. The average Bonchev–Trinajstić information content (AvgIpc) is 2.78. The zero-order valence-electron chi connectivity index (χ0n) is 17.0. The maximum Gasteiger partial charge on any atom is 0.284 e. The van der Waals surface area contributed by atoms with Crippen LogP contribution in [-0.2, 0) is 0 Å². The number of benzene rings is 2. The average molecular weight is 436 g/mol. The van der Waals surface area contributed by atoms with Gasteiger partial charge in [0.15, 0.2) is 5.03 Å². The number of aromatic amines is 1. The van der Waals surface area contributed by atoms with Gasteiger partial charge in [-0.3, -0.25) is 15.3 Å². The number of thioether (sulfide) groups is 1. The van der Waals surface area contributed by atoms with Gasteiger partial charge in [0.2, 0.25) is 0 Å². The van der Waals surface area contributed by atoms with Gasteiger partial charge < -0.3 is 15.4 Å². The molecule has 1 aromatic heterocycles. The second-order valence-electron chi connectivity index (χ2n) is 6.41. The lowest BCUT2D eigenvalue weighted by molar-refractivity contribution is -0.410. The Morgan fingerprint density at radius 2 is 1.74 bits per heavy atom. The third kappa shape index (κ3) is 5.43. The molecule has 0 fully saturated rings. The van der Waals surface area contributed by atoms with Crippen LogP contribution in [0.3, 0.4) is 0 Å². The lowest BCUT2D eigenvalue weighted by atomic mass is 10.1. The van der Waals surface area contributed by atoms with Gasteiger partial charge in [-0.05, 0) is 30.3 Å². The maximum absolute atomic E-state index is 13.0. The first-order chi connectivity index (χ1) is 15.0. The second kappa shape index (κ2) is 10.3. The predicted molar refractivity (Wildman–Crippen MR) is 124 cm³/mol. The fraction of sp³-hybridized carbons (Fsp3) is 0.0870. The summed E-state index contributed by atoms with van der Waals surface area (Å²) in [4.78, 5) is 28.9. The summed E-state index contributed by atoms with van der Waals surface area (Å²) in [5.41, 5.74) is 7.71. The molecule has 8 heteroatoms. The molecule has 0 aliphatic carbocycles. The topological polar surface area (TPSA) is 108 Å². The number of amides is 2. The Bertz CT molecular complexity index is 1100. The number of methoxy groups -OCH3 is 1. The van der Waals surface area contributed by atoms with Crippen molar-refractivity contribution >= 4 is 40.8 Å². The zero-order valence-corrected chi connectivity index (χ0v) is 17.8. The monoisotopic (exact) mass is 435 g/mol. The number of ether oxygens (including phenoxy) is 1. The van der Waals surface area contributed by atoms with Crippen LogP contribution in [0, 0.1) is 0 Å². The summed E-state index contributed by atoms with van der Waals surface area (Å²) in [6.07, 6.45) is 1.72. The lowest BCUT2D eigenvalue weighted by Crippen LogP contribution is -2.26. The Labute approximate surface area is 184 Å². The van der Waals surface area contributed by atoms with Crippen LogP contribution in [0.2, 0.25) is 0 Å². The van der Waals surface area contributed by atoms with Crippen LogP contribution < -0.4 is 26.1 Å². The first-order valence-corrected chi connectivity index (χ1v) is 10.4. The molecule has 0 unspecified atom stereocenters. The fourth-order valence-corrected chi connectivity index (χ4v) is 3.59. The van der Waals surface area contributed by atoms with Crippen LogP contribution in [0.1, 0.15) is 20.7 Å². The van der Waals surface area contributed by atoms with Crippen molar-refractivity contribution in [2.75, 3.05) is 29.2 Å². The molecule has 3 rings (SSSR count). The minimum Gasteiger partial charge on any atom is -0.495 e. The highest BCUT2D eigenvalue weighted by Crippen LogP contribution is 2.26. The quantitative estimate of drug-likeness (QED) is 0.368. The summed E-state index contributed by atoms with van der Waals surface area (Å²) < 4.78 is 5.27. The molecule has 0 atom stereocenters. The van der Waals surface area contributed by atoms with E-state index in [2.05, 4.69) is 22.2 Å². The second-order valence-corrected chi connectivity index (χ2v) is 7.44. The molecule has 1 heterocycles. The van der Waals surface area contributed by atoms with Gasteiger partial charge in [-0.15, -0.1) is 6.58 Å². The van der Waals surface area contributed by atoms with E-state index < -0.39 is 5.91 Å². The van der Waals surface area contributed by atoms with Gasteiger partial charge in [0.1, 0.15) is 11.3 Å². The molecular formula is C23H23N4O3S+. The fourth-order valence-electron chi connectivity index (χ4n) is 2.81. The van der Waals surface area contributed by atoms with E-state index in [4.69, 9.17) is 10.5 Å². The van der Waals surface area contributed by atoms with Gasteiger partial charge in [0.25, 0.3) is 17.6 Å². The third-order valence-corrected chi connectivity index (χ3v) is 5.31. The number of pyridine rings is 1. The molecule has 0 saturated heterocycles. The summed E-state index contributed by atoms with van der Waals surface area (Å²) in [7, 11) is 1.52. The molecule has 2 aromatic carbocycles. The lowest BCUT2D eigenvalue weighted by Gasteiger charge is -2.12. The van der Waals surface area contributed by atoms with Crippen molar-refractivity contribution in [1.29, 1.82) is 0 Å². The van der Waals surface area contributed by atoms with E-state index in [1.54, 1.807) is 42.5 Å². The largest absolute Gasteiger partial charge is 0.495 e. The Morgan fingerprint density at radius 3 is 2.45 bits per heavy atom. The molecule has 31 heavy (non-hydrogen) atoms. The molecule has 0 spiro atoms. The van der Waals surface area contributed by atoms with Crippen molar-refractivity contribution < 1.29 is 19.3 Å². The molecule has 0 radical (unpaired) electrons. The summed E-state index contributed by atoms with van der Waals surface area (Å²) in [5.74, 6) is 0.398. The van der Waals surface area contributed by atoms with Crippen molar-refractivity contribution in [3.63, 3.8) is 0 Å². The zero-order chi connectivity index (χ0) is 22.2. The van der Waals surface area contributed by atoms with Crippen LogP contribution >= 0.6 is 11.8 Å². The van der Waals surface area contributed by atoms with Crippen LogP contribution in [0.15, 0.2) is 78.3 Å². The molecule has 3 aromatic rings. The Balaban J connectivity index is 1.95. The molecule has 158 valence electrons. The van der Waals surface area contributed by atoms with Gasteiger partial charge in [0, 0.05) is 11.4 Å². The van der Waals surface area contributed by atoms with E-state index >= 15 is 0 Å². The van der Waals surface area contributed by atoms with E-state index in [0.29, 0.717) is 33.5 Å². The molecule has 0 bridgehead atoms. The van der Waals surface area contributed by atoms with Crippen LogP contribution in [0.25, 0.3) is 0 Å². The number of para-hydroxylation sites is 3.